The molecule has 21 heavy (non-hydrogen) atoms. The first-order valence-electron chi connectivity index (χ1n) is 6.50. The fourth-order valence-corrected chi connectivity index (χ4v) is 2.23. The summed E-state index contributed by atoms with van der Waals surface area (Å²) in [6, 6.07) is 9.03. The number of pyridine rings is 1. The fraction of sp³-hybridized carbons (Fsp3) is 0.312. The van der Waals surface area contributed by atoms with Gasteiger partial charge in [0.15, 0.2) is 0 Å². The Morgan fingerprint density at radius 3 is 2.48 bits per heavy atom. The van der Waals surface area contributed by atoms with E-state index in [0.29, 0.717) is 27.6 Å². The molecule has 2 aromatic rings. The Balaban J connectivity index is 2.42. The van der Waals surface area contributed by atoms with Gasteiger partial charge in [-0.1, -0.05) is 50.0 Å². The van der Waals surface area contributed by atoms with Crippen LogP contribution in [0.5, 0.6) is 11.6 Å². The van der Waals surface area contributed by atoms with Gasteiger partial charge < -0.3 is 4.74 Å². The molecule has 0 saturated carbocycles. The van der Waals surface area contributed by atoms with E-state index in [4.69, 9.17) is 39.5 Å². The molecule has 112 valence electrons. The van der Waals surface area contributed by atoms with Gasteiger partial charge in [0.25, 0.3) is 0 Å². The van der Waals surface area contributed by atoms with Gasteiger partial charge in [0.2, 0.25) is 5.88 Å². The summed E-state index contributed by atoms with van der Waals surface area (Å²) in [5, 5.41) is 0.813. The van der Waals surface area contributed by atoms with Crippen molar-refractivity contribution in [2.24, 2.45) is 0 Å². The second kappa shape index (κ2) is 6.43. The Hall–Kier alpha value is -0.960. The predicted molar refractivity (Wildman–Crippen MR) is 89.0 cm³/mol. The molecule has 0 atom stereocenters. The van der Waals surface area contributed by atoms with Gasteiger partial charge in [0.1, 0.15) is 10.8 Å². The quantitative estimate of drug-likeness (QED) is 0.617. The summed E-state index contributed by atoms with van der Waals surface area (Å²) in [5.41, 5.74) is 1.76. The molecule has 1 aromatic carbocycles. The Morgan fingerprint density at radius 1 is 1.14 bits per heavy atom. The lowest BCUT2D eigenvalue weighted by molar-refractivity contribution is 0.451. The van der Waals surface area contributed by atoms with E-state index in [0.717, 1.165) is 11.3 Å². The van der Waals surface area contributed by atoms with Gasteiger partial charge in [0.05, 0.1) is 10.7 Å². The van der Waals surface area contributed by atoms with Gasteiger partial charge in [-0.25, -0.2) is 4.98 Å². The summed E-state index contributed by atoms with van der Waals surface area (Å²) < 4.78 is 5.78. The Bertz CT molecular complexity index is 650. The maximum atomic E-state index is 6.14. The van der Waals surface area contributed by atoms with Crippen molar-refractivity contribution in [1.82, 2.24) is 4.98 Å². The second-order valence-electron chi connectivity index (χ2n) is 5.74. The summed E-state index contributed by atoms with van der Waals surface area (Å²) in [6.45, 7) is 6.26. The van der Waals surface area contributed by atoms with Crippen LogP contribution in [0.1, 0.15) is 32.0 Å². The number of ether oxygens (including phenoxy) is 1. The lowest BCUT2D eigenvalue weighted by atomic mass is 9.91. The van der Waals surface area contributed by atoms with Crippen molar-refractivity contribution < 1.29 is 4.74 Å². The minimum Gasteiger partial charge on any atom is -0.437 e. The lowest BCUT2D eigenvalue weighted by Crippen LogP contribution is -2.14. The lowest BCUT2D eigenvalue weighted by Gasteiger charge is -2.19. The molecule has 2 nitrogen and oxygen atoms in total. The van der Waals surface area contributed by atoms with E-state index in [2.05, 4.69) is 25.8 Å². The van der Waals surface area contributed by atoms with Crippen molar-refractivity contribution >= 4 is 34.8 Å². The number of halogens is 3. The van der Waals surface area contributed by atoms with E-state index in [-0.39, 0.29) is 5.41 Å². The van der Waals surface area contributed by atoms with Gasteiger partial charge in [0, 0.05) is 17.4 Å². The maximum absolute atomic E-state index is 6.14. The van der Waals surface area contributed by atoms with E-state index < -0.39 is 0 Å². The number of hydrogen-bond donors (Lipinski definition) is 0. The number of benzene rings is 1. The SMILES string of the molecule is CC(C)(C)c1cc(CCl)cc(Oc2cccc(Cl)c2Cl)n1. The number of hydrogen-bond acceptors (Lipinski definition) is 2. The van der Waals surface area contributed by atoms with Crippen LogP contribution in [0.25, 0.3) is 0 Å². The third-order valence-corrected chi connectivity index (χ3v) is 4.03. The minimum atomic E-state index is -0.0989. The van der Waals surface area contributed by atoms with Gasteiger partial charge >= 0.3 is 0 Å². The van der Waals surface area contributed by atoms with Crippen molar-refractivity contribution in [1.29, 1.82) is 0 Å². The highest BCUT2D eigenvalue weighted by molar-refractivity contribution is 6.42. The van der Waals surface area contributed by atoms with Gasteiger partial charge in [-0.15, -0.1) is 11.6 Å². The molecular formula is C16H16Cl3NO. The smallest absolute Gasteiger partial charge is 0.219 e. The Labute approximate surface area is 140 Å². The zero-order chi connectivity index (χ0) is 15.6. The first-order chi connectivity index (χ1) is 9.81. The minimum absolute atomic E-state index is 0.0989. The molecule has 2 rings (SSSR count). The molecule has 0 aliphatic carbocycles. The highest BCUT2D eigenvalue weighted by Crippen LogP contribution is 2.35. The van der Waals surface area contributed by atoms with Crippen LogP contribution < -0.4 is 4.74 Å². The van der Waals surface area contributed by atoms with Crippen LogP contribution in [0.3, 0.4) is 0 Å². The third-order valence-electron chi connectivity index (χ3n) is 2.92. The summed E-state index contributed by atoms with van der Waals surface area (Å²) in [7, 11) is 0. The van der Waals surface area contributed by atoms with Crippen LogP contribution in [-0.2, 0) is 11.3 Å². The summed E-state index contributed by atoms with van der Waals surface area (Å²) in [6.07, 6.45) is 0. The van der Waals surface area contributed by atoms with Crippen molar-refractivity contribution in [3.05, 3.63) is 51.6 Å². The highest BCUT2D eigenvalue weighted by Gasteiger charge is 2.18. The number of nitrogens with zero attached hydrogens (tertiary/aromatic N) is 1. The Morgan fingerprint density at radius 2 is 1.86 bits per heavy atom. The maximum Gasteiger partial charge on any atom is 0.219 e. The van der Waals surface area contributed by atoms with Gasteiger partial charge in [-0.3, -0.25) is 0 Å². The average Bonchev–Trinajstić information content (AvgIpc) is 2.42. The monoisotopic (exact) mass is 343 g/mol. The topological polar surface area (TPSA) is 22.1 Å². The predicted octanol–water partition coefficient (Wildman–Crippen LogP) is 6.22. The zero-order valence-electron chi connectivity index (χ0n) is 12.1. The van der Waals surface area contributed by atoms with Crippen molar-refractivity contribution in [3.63, 3.8) is 0 Å². The molecule has 0 fully saturated rings. The molecule has 1 heterocycles. The number of alkyl halides is 1. The molecule has 0 N–H and O–H groups in total. The normalized spacial score (nSPS) is 11.5. The molecular weight excluding hydrogens is 329 g/mol. The molecule has 0 amide bonds. The average molecular weight is 345 g/mol. The Kier molecular flexibility index (Phi) is 5.03. The standard InChI is InChI=1S/C16H16Cl3NO/c1-16(2,3)13-7-10(9-17)8-14(20-13)21-12-6-4-5-11(18)15(12)19/h4-8H,9H2,1-3H3. The van der Waals surface area contributed by atoms with Crippen LogP contribution in [0.2, 0.25) is 10.0 Å². The van der Waals surface area contributed by atoms with Crippen LogP contribution in [0, 0.1) is 0 Å². The van der Waals surface area contributed by atoms with Crippen LogP contribution in [0.15, 0.2) is 30.3 Å². The van der Waals surface area contributed by atoms with E-state index in [1.54, 1.807) is 24.3 Å². The molecule has 0 unspecified atom stereocenters. The number of rotatable bonds is 3. The first kappa shape index (κ1) is 16.4. The molecule has 0 aliphatic heterocycles. The largest absolute Gasteiger partial charge is 0.437 e. The summed E-state index contributed by atoms with van der Waals surface area (Å²) in [4.78, 5) is 4.54. The molecule has 0 spiro atoms. The highest BCUT2D eigenvalue weighted by atomic mass is 35.5. The van der Waals surface area contributed by atoms with Gasteiger partial charge in [-0.2, -0.15) is 0 Å². The molecule has 1 aromatic heterocycles. The summed E-state index contributed by atoms with van der Waals surface area (Å²) >= 11 is 18.1. The van der Waals surface area contributed by atoms with Crippen molar-refractivity contribution in [2.45, 2.75) is 32.1 Å². The van der Waals surface area contributed by atoms with E-state index in [1.165, 1.54) is 0 Å². The van der Waals surface area contributed by atoms with E-state index in [1.807, 2.05) is 6.07 Å². The molecule has 5 heteroatoms. The second-order valence-corrected chi connectivity index (χ2v) is 6.79. The van der Waals surface area contributed by atoms with Crippen LogP contribution in [0.4, 0.5) is 0 Å². The van der Waals surface area contributed by atoms with Crippen LogP contribution in [-0.4, -0.2) is 4.98 Å². The van der Waals surface area contributed by atoms with E-state index >= 15 is 0 Å². The summed E-state index contributed by atoms with van der Waals surface area (Å²) in [5.74, 6) is 1.33. The molecule has 0 radical (unpaired) electrons. The molecule has 0 saturated heterocycles. The molecule has 0 bridgehead atoms. The number of aromatic nitrogens is 1. The van der Waals surface area contributed by atoms with E-state index in [9.17, 15) is 0 Å². The molecule has 0 aliphatic rings. The van der Waals surface area contributed by atoms with Crippen molar-refractivity contribution in [2.75, 3.05) is 0 Å². The first-order valence-corrected chi connectivity index (χ1v) is 7.79. The van der Waals surface area contributed by atoms with Crippen LogP contribution >= 0.6 is 34.8 Å². The third kappa shape index (κ3) is 4.03. The fourth-order valence-electron chi connectivity index (χ4n) is 1.75. The van der Waals surface area contributed by atoms with Crippen molar-refractivity contribution in [3.8, 4) is 11.6 Å². The van der Waals surface area contributed by atoms with Gasteiger partial charge in [-0.05, 0) is 23.8 Å². The zero-order valence-corrected chi connectivity index (χ0v) is 14.4.